The van der Waals surface area contributed by atoms with E-state index in [-0.39, 0.29) is 18.4 Å². The Morgan fingerprint density at radius 1 is 1.47 bits per heavy atom. The molecule has 0 aromatic carbocycles. The van der Waals surface area contributed by atoms with E-state index in [2.05, 4.69) is 5.32 Å². The first kappa shape index (κ1) is 16.9. The Hall–Kier alpha value is -0.0500. The van der Waals surface area contributed by atoms with Crippen molar-refractivity contribution in [3.8, 4) is 0 Å². The molecule has 0 radical (unpaired) electrons. The van der Waals surface area contributed by atoms with Crippen LogP contribution in [-0.4, -0.2) is 34.2 Å². The average molecular weight is 298 g/mol. The molecule has 0 saturated carbocycles. The Kier molecular flexibility index (Phi) is 9.90. The topological polar surface area (TPSA) is 92.4 Å². The van der Waals surface area contributed by atoms with E-state index in [1.807, 2.05) is 13.8 Å². The van der Waals surface area contributed by atoms with Crippen molar-refractivity contribution in [2.75, 3.05) is 5.75 Å². The first-order valence-electron chi connectivity index (χ1n) is 5.20. The highest BCUT2D eigenvalue weighted by Gasteiger charge is 2.20. The van der Waals surface area contributed by atoms with Crippen molar-refractivity contribution in [2.45, 2.75) is 38.1 Å². The number of hydrogen-bond donors (Lipinski definition) is 3. The third kappa shape index (κ3) is 9.63. The minimum Gasteiger partial charge on any atom is -0.479 e. The van der Waals surface area contributed by atoms with Crippen LogP contribution in [0.1, 0.15) is 26.7 Å². The van der Waals surface area contributed by atoms with Crippen molar-refractivity contribution in [1.29, 1.82) is 0 Å². The third-order valence-electron chi connectivity index (χ3n) is 1.64. The van der Waals surface area contributed by atoms with Crippen LogP contribution in [0.15, 0.2) is 0 Å². The molecule has 17 heavy (non-hydrogen) atoms. The summed E-state index contributed by atoms with van der Waals surface area (Å²) >= 11 is 0. The summed E-state index contributed by atoms with van der Waals surface area (Å²) in [5.74, 6) is -0.416. The minimum absolute atomic E-state index is 0.0540. The Morgan fingerprint density at radius 2 is 2.12 bits per heavy atom. The fraction of sp³-hybridized carbons (Fsp3) is 0.778. The maximum absolute atomic E-state index is 11.4. The molecule has 2 atom stereocenters. The first-order chi connectivity index (χ1) is 7.97. The van der Waals surface area contributed by atoms with Gasteiger partial charge in [0.25, 0.3) is 0 Å². The molecular weight excluding hydrogens is 280 g/mol. The van der Waals surface area contributed by atoms with Crippen LogP contribution in [0.25, 0.3) is 0 Å². The Balaban J connectivity index is 3.98. The SMILES string of the molecule is CCSSSC(NC(=O)CC[C@@H](C)N)C(=O)O. The quantitative estimate of drug-likeness (QED) is 0.339. The van der Waals surface area contributed by atoms with Crippen molar-refractivity contribution in [1.82, 2.24) is 5.32 Å². The second-order valence-electron chi connectivity index (χ2n) is 3.37. The second kappa shape index (κ2) is 9.93. The van der Waals surface area contributed by atoms with Crippen LogP contribution in [0.5, 0.6) is 0 Å². The van der Waals surface area contributed by atoms with Crippen LogP contribution < -0.4 is 11.1 Å². The summed E-state index contributed by atoms with van der Waals surface area (Å²) in [5, 5.41) is 10.5. The minimum atomic E-state index is -1.03. The molecular formula is C9H18N2O3S3. The van der Waals surface area contributed by atoms with Crippen LogP contribution >= 0.6 is 31.4 Å². The molecule has 0 aliphatic carbocycles. The van der Waals surface area contributed by atoms with Crippen LogP contribution in [0, 0.1) is 0 Å². The highest BCUT2D eigenvalue weighted by Crippen LogP contribution is 2.36. The molecule has 0 heterocycles. The van der Waals surface area contributed by atoms with E-state index in [1.54, 1.807) is 10.8 Å². The number of amides is 1. The number of carboxylic acid groups (broad SMARTS) is 1. The Morgan fingerprint density at radius 3 is 2.59 bits per heavy atom. The van der Waals surface area contributed by atoms with Gasteiger partial charge < -0.3 is 16.2 Å². The molecule has 0 spiro atoms. The molecule has 0 aliphatic rings. The van der Waals surface area contributed by atoms with Crippen molar-refractivity contribution >= 4 is 43.3 Å². The Bertz CT molecular complexity index is 252. The van der Waals surface area contributed by atoms with Crippen molar-refractivity contribution < 1.29 is 14.7 Å². The number of carboxylic acids is 1. The van der Waals surface area contributed by atoms with Gasteiger partial charge in [-0.3, -0.25) is 4.79 Å². The summed E-state index contributed by atoms with van der Waals surface area (Å²) in [6.45, 7) is 3.79. The molecule has 8 heteroatoms. The van der Waals surface area contributed by atoms with E-state index >= 15 is 0 Å². The van der Waals surface area contributed by atoms with Crippen LogP contribution in [0.3, 0.4) is 0 Å². The highest BCUT2D eigenvalue weighted by atomic mass is 33.5. The van der Waals surface area contributed by atoms with Crippen molar-refractivity contribution in [2.24, 2.45) is 5.73 Å². The molecule has 5 nitrogen and oxygen atoms in total. The molecule has 100 valence electrons. The van der Waals surface area contributed by atoms with Gasteiger partial charge in [0.1, 0.15) is 0 Å². The summed E-state index contributed by atoms with van der Waals surface area (Å²) in [7, 11) is 4.05. The second-order valence-corrected chi connectivity index (χ2v) is 7.90. The fourth-order valence-electron chi connectivity index (χ4n) is 0.819. The van der Waals surface area contributed by atoms with Gasteiger partial charge in [-0.25, -0.2) is 4.79 Å². The van der Waals surface area contributed by atoms with E-state index in [9.17, 15) is 9.59 Å². The molecule has 0 rings (SSSR count). The zero-order valence-electron chi connectivity index (χ0n) is 9.84. The average Bonchev–Trinajstić information content (AvgIpc) is 2.25. The lowest BCUT2D eigenvalue weighted by Crippen LogP contribution is -2.38. The van der Waals surface area contributed by atoms with E-state index in [1.165, 1.54) is 9.83 Å². The Labute approximate surface area is 113 Å². The summed E-state index contributed by atoms with van der Waals surface area (Å²) in [6.07, 6.45) is 0.813. The van der Waals surface area contributed by atoms with Gasteiger partial charge in [0.05, 0.1) is 0 Å². The number of aliphatic carboxylic acids is 1. The first-order valence-corrected chi connectivity index (χ1v) is 8.91. The molecule has 4 N–H and O–H groups in total. The zero-order valence-corrected chi connectivity index (χ0v) is 12.3. The normalized spacial score (nSPS) is 14.1. The van der Waals surface area contributed by atoms with Crippen molar-refractivity contribution in [3.63, 3.8) is 0 Å². The lowest BCUT2D eigenvalue weighted by molar-refractivity contribution is -0.139. The molecule has 0 aromatic rings. The number of nitrogens with one attached hydrogen (secondary N) is 1. The number of rotatable bonds is 9. The van der Waals surface area contributed by atoms with Gasteiger partial charge >= 0.3 is 5.97 Å². The number of carbonyl (C=O) groups excluding carboxylic acids is 1. The van der Waals surface area contributed by atoms with Crippen LogP contribution in [-0.2, 0) is 9.59 Å². The van der Waals surface area contributed by atoms with E-state index < -0.39 is 11.3 Å². The summed E-state index contributed by atoms with van der Waals surface area (Å²) in [5.41, 5.74) is 5.52. The third-order valence-corrected chi connectivity index (χ3v) is 5.95. The molecule has 0 aliphatic heterocycles. The lowest BCUT2D eigenvalue weighted by Gasteiger charge is -2.13. The van der Waals surface area contributed by atoms with Gasteiger partial charge in [-0.2, -0.15) is 0 Å². The molecule has 1 unspecified atom stereocenters. The van der Waals surface area contributed by atoms with Gasteiger partial charge in [-0.05, 0) is 34.0 Å². The van der Waals surface area contributed by atoms with Gasteiger partial charge in [0, 0.05) is 18.2 Å². The number of carbonyl (C=O) groups is 2. The standard InChI is InChI=1S/C9H18N2O3S3/c1-3-15-17-16-8(9(13)14)11-7(12)5-4-6(2)10/h6,8H,3-5,10H2,1-2H3,(H,11,12)(H,13,14)/t6-,8?/m1/s1. The van der Waals surface area contributed by atoms with E-state index in [0.717, 1.165) is 16.5 Å². The molecule has 0 bridgehead atoms. The lowest BCUT2D eigenvalue weighted by atomic mass is 10.2. The van der Waals surface area contributed by atoms with Gasteiger partial charge in [-0.15, -0.1) is 0 Å². The van der Waals surface area contributed by atoms with Gasteiger partial charge in [0.2, 0.25) is 5.91 Å². The molecule has 0 fully saturated rings. The van der Waals surface area contributed by atoms with Crippen LogP contribution in [0.2, 0.25) is 0 Å². The molecule has 0 aromatic heterocycles. The predicted molar refractivity (Wildman–Crippen MR) is 75.8 cm³/mol. The summed E-state index contributed by atoms with van der Waals surface area (Å²) < 4.78 is 0. The highest BCUT2D eigenvalue weighted by molar-refractivity contribution is 9.09. The van der Waals surface area contributed by atoms with Gasteiger partial charge in [-0.1, -0.05) is 17.7 Å². The molecule has 0 saturated heterocycles. The maximum atomic E-state index is 11.4. The molecule has 1 amide bonds. The van der Waals surface area contributed by atoms with E-state index in [4.69, 9.17) is 10.8 Å². The smallest absolute Gasteiger partial charge is 0.337 e. The van der Waals surface area contributed by atoms with Crippen LogP contribution in [0.4, 0.5) is 0 Å². The predicted octanol–water partition coefficient (Wildman–Crippen LogP) is 1.69. The number of nitrogens with two attached hydrogens (primary N) is 1. The monoisotopic (exact) mass is 298 g/mol. The van der Waals surface area contributed by atoms with Gasteiger partial charge in [0.15, 0.2) is 5.37 Å². The zero-order chi connectivity index (χ0) is 13.3. The fourth-order valence-corrected chi connectivity index (χ4v) is 4.47. The maximum Gasteiger partial charge on any atom is 0.337 e. The largest absolute Gasteiger partial charge is 0.479 e. The number of hydrogen-bond acceptors (Lipinski definition) is 6. The summed E-state index contributed by atoms with van der Waals surface area (Å²) in [4.78, 5) is 22.3. The summed E-state index contributed by atoms with van der Waals surface area (Å²) in [6, 6.07) is -0.0540. The van der Waals surface area contributed by atoms with Crippen molar-refractivity contribution in [3.05, 3.63) is 0 Å². The van der Waals surface area contributed by atoms with E-state index in [0.29, 0.717) is 6.42 Å².